The highest BCUT2D eigenvalue weighted by Crippen LogP contribution is 2.30. The van der Waals surface area contributed by atoms with E-state index in [4.69, 9.17) is 11.6 Å². The van der Waals surface area contributed by atoms with Crippen molar-refractivity contribution in [1.82, 2.24) is 9.21 Å². The maximum absolute atomic E-state index is 12.6. The van der Waals surface area contributed by atoms with Crippen molar-refractivity contribution < 1.29 is 18.0 Å². The molecule has 0 unspecified atom stereocenters. The number of sulfonamides is 1. The van der Waals surface area contributed by atoms with Crippen molar-refractivity contribution in [2.75, 3.05) is 13.1 Å². The van der Waals surface area contributed by atoms with Crippen LogP contribution in [0.3, 0.4) is 0 Å². The topological polar surface area (TPSA) is 74.8 Å². The molecule has 8 heteroatoms. The zero-order chi connectivity index (χ0) is 16.1. The minimum absolute atomic E-state index is 0.145. The highest BCUT2D eigenvalue weighted by Gasteiger charge is 2.45. The van der Waals surface area contributed by atoms with Crippen molar-refractivity contribution >= 4 is 33.4 Å². The highest BCUT2D eigenvalue weighted by atomic mass is 35.5. The van der Waals surface area contributed by atoms with E-state index < -0.39 is 10.0 Å². The van der Waals surface area contributed by atoms with Crippen LogP contribution in [0.1, 0.15) is 18.4 Å². The molecule has 0 aliphatic carbocycles. The smallest absolute Gasteiger partial charge is 0.243 e. The first-order chi connectivity index (χ1) is 10.3. The van der Waals surface area contributed by atoms with Gasteiger partial charge in [0.05, 0.1) is 10.9 Å². The summed E-state index contributed by atoms with van der Waals surface area (Å²) in [5.41, 5.74) is 0.612. The maximum Gasteiger partial charge on any atom is 0.243 e. The molecule has 2 fully saturated rings. The van der Waals surface area contributed by atoms with Gasteiger partial charge in [0.15, 0.2) is 0 Å². The van der Waals surface area contributed by atoms with Crippen molar-refractivity contribution in [3.8, 4) is 0 Å². The van der Waals surface area contributed by atoms with Crippen LogP contribution >= 0.6 is 11.6 Å². The summed E-state index contributed by atoms with van der Waals surface area (Å²) < 4.78 is 26.5. The molecule has 22 heavy (non-hydrogen) atoms. The van der Waals surface area contributed by atoms with E-state index in [1.807, 2.05) is 0 Å². The summed E-state index contributed by atoms with van der Waals surface area (Å²) in [6.45, 7) is 1.99. The Labute approximate surface area is 133 Å². The van der Waals surface area contributed by atoms with Crippen LogP contribution in [0.4, 0.5) is 0 Å². The number of likely N-dealkylation sites (tertiary alicyclic amines) is 1. The second-order valence-corrected chi connectivity index (χ2v) is 7.89. The quantitative estimate of drug-likeness (QED) is 0.773. The van der Waals surface area contributed by atoms with E-state index in [0.717, 1.165) is 0 Å². The normalized spacial score (nSPS) is 20.5. The van der Waals surface area contributed by atoms with Gasteiger partial charge in [-0.2, -0.15) is 4.31 Å². The van der Waals surface area contributed by atoms with E-state index in [0.29, 0.717) is 10.6 Å². The third-order valence-corrected chi connectivity index (χ3v) is 6.26. The van der Waals surface area contributed by atoms with Gasteiger partial charge in [-0.15, -0.1) is 0 Å². The maximum atomic E-state index is 12.6. The summed E-state index contributed by atoms with van der Waals surface area (Å²) >= 11 is 5.88. The van der Waals surface area contributed by atoms with Crippen molar-refractivity contribution in [3.63, 3.8) is 0 Å². The third kappa shape index (κ3) is 2.43. The summed E-state index contributed by atoms with van der Waals surface area (Å²) in [5.74, 6) is -0.433. The largest absolute Gasteiger partial charge is 0.277 e. The van der Waals surface area contributed by atoms with E-state index in [1.54, 1.807) is 19.1 Å². The van der Waals surface area contributed by atoms with Crippen molar-refractivity contribution in [2.45, 2.75) is 30.7 Å². The van der Waals surface area contributed by atoms with Crippen LogP contribution < -0.4 is 0 Å². The van der Waals surface area contributed by atoms with Gasteiger partial charge in [0, 0.05) is 31.0 Å². The van der Waals surface area contributed by atoms with Gasteiger partial charge in [-0.3, -0.25) is 14.5 Å². The molecule has 3 rings (SSSR count). The molecule has 2 aliphatic heterocycles. The minimum atomic E-state index is -3.65. The lowest BCUT2D eigenvalue weighted by Crippen LogP contribution is -2.62. The summed E-state index contributed by atoms with van der Waals surface area (Å²) in [6.07, 6.45) is 0.435. The Morgan fingerprint density at radius 2 is 1.73 bits per heavy atom. The first-order valence-corrected chi connectivity index (χ1v) is 8.73. The fourth-order valence-electron chi connectivity index (χ4n) is 2.77. The molecule has 0 aromatic heterocycles. The monoisotopic (exact) mass is 342 g/mol. The molecule has 2 saturated heterocycles. The van der Waals surface area contributed by atoms with Crippen LogP contribution in [0.2, 0.25) is 5.02 Å². The Hall–Kier alpha value is -1.44. The number of aryl methyl sites for hydroxylation is 1. The van der Waals surface area contributed by atoms with E-state index in [-0.39, 0.29) is 48.7 Å². The Kier molecular flexibility index (Phi) is 3.74. The van der Waals surface area contributed by atoms with Crippen LogP contribution in [0.15, 0.2) is 23.1 Å². The van der Waals surface area contributed by atoms with Gasteiger partial charge in [0.1, 0.15) is 0 Å². The number of rotatable bonds is 3. The Balaban J connectivity index is 1.78. The summed E-state index contributed by atoms with van der Waals surface area (Å²) in [6, 6.07) is 4.36. The van der Waals surface area contributed by atoms with Gasteiger partial charge in [-0.05, 0) is 24.6 Å². The number of carbonyl (C=O) groups is 2. The molecule has 2 amide bonds. The molecule has 2 heterocycles. The average Bonchev–Trinajstić information content (AvgIpc) is 2.71. The molecular weight excluding hydrogens is 328 g/mol. The lowest BCUT2D eigenvalue weighted by molar-refractivity contribution is -0.143. The van der Waals surface area contributed by atoms with Crippen LogP contribution in [0, 0.1) is 6.92 Å². The Morgan fingerprint density at radius 3 is 2.32 bits per heavy atom. The number of hydrogen-bond donors (Lipinski definition) is 0. The standard InChI is InChI=1S/C14H15ClN2O4S/c1-9-2-3-10(15)6-12(9)22(20,21)16-7-11(8-16)17-13(18)4-5-14(17)19/h2-3,6,11H,4-5,7-8H2,1H3. The van der Waals surface area contributed by atoms with E-state index >= 15 is 0 Å². The molecule has 0 atom stereocenters. The molecule has 0 N–H and O–H groups in total. The Morgan fingerprint density at radius 1 is 1.14 bits per heavy atom. The highest BCUT2D eigenvalue weighted by molar-refractivity contribution is 7.89. The SMILES string of the molecule is Cc1ccc(Cl)cc1S(=O)(=O)N1CC(N2C(=O)CCC2=O)C1. The fourth-order valence-corrected chi connectivity index (χ4v) is 4.77. The first-order valence-electron chi connectivity index (χ1n) is 6.92. The predicted molar refractivity (Wildman–Crippen MR) is 79.8 cm³/mol. The van der Waals surface area contributed by atoms with E-state index in [9.17, 15) is 18.0 Å². The van der Waals surface area contributed by atoms with Gasteiger partial charge in [0.25, 0.3) is 0 Å². The van der Waals surface area contributed by atoms with Crippen LogP contribution in [-0.2, 0) is 19.6 Å². The van der Waals surface area contributed by atoms with E-state index in [2.05, 4.69) is 0 Å². The second kappa shape index (κ2) is 5.33. The predicted octanol–water partition coefficient (Wildman–Crippen LogP) is 1.17. The number of amides is 2. The number of carbonyl (C=O) groups excluding carboxylic acids is 2. The summed E-state index contributed by atoms with van der Waals surface area (Å²) in [5, 5.41) is 0.353. The molecule has 0 saturated carbocycles. The molecular formula is C14H15ClN2O4S. The Bertz CT molecular complexity index is 740. The van der Waals surface area contributed by atoms with Crippen LogP contribution in [0.5, 0.6) is 0 Å². The second-order valence-electron chi connectivity index (χ2n) is 5.54. The number of nitrogens with zero attached hydrogens (tertiary/aromatic N) is 2. The molecule has 118 valence electrons. The molecule has 6 nitrogen and oxygen atoms in total. The number of imide groups is 1. The number of halogens is 1. The third-order valence-electron chi connectivity index (χ3n) is 4.05. The van der Waals surface area contributed by atoms with Gasteiger partial charge in [-0.1, -0.05) is 17.7 Å². The average molecular weight is 343 g/mol. The van der Waals surface area contributed by atoms with Crippen LogP contribution in [-0.4, -0.2) is 48.6 Å². The van der Waals surface area contributed by atoms with Crippen molar-refractivity contribution in [3.05, 3.63) is 28.8 Å². The number of hydrogen-bond acceptors (Lipinski definition) is 4. The van der Waals surface area contributed by atoms with Crippen LogP contribution in [0.25, 0.3) is 0 Å². The lowest BCUT2D eigenvalue weighted by atomic mass is 10.1. The number of benzene rings is 1. The molecule has 0 bridgehead atoms. The van der Waals surface area contributed by atoms with Gasteiger partial charge in [-0.25, -0.2) is 8.42 Å². The van der Waals surface area contributed by atoms with Gasteiger partial charge >= 0.3 is 0 Å². The van der Waals surface area contributed by atoms with Crippen molar-refractivity contribution in [1.29, 1.82) is 0 Å². The molecule has 0 radical (unpaired) electrons. The zero-order valence-electron chi connectivity index (χ0n) is 12.0. The van der Waals surface area contributed by atoms with E-state index in [1.165, 1.54) is 15.3 Å². The van der Waals surface area contributed by atoms with Crippen molar-refractivity contribution in [2.24, 2.45) is 0 Å². The molecule has 1 aromatic carbocycles. The summed E-state index contributed by atoms with van der Waals surface area (Å²) in [4.78, 5) is 24.7. The first kappa shape index (κ1) is 15.5. The van der Waals surface area contributed by atoms with Gasteiger partial charge in [0.2, 0.25) is 21.8 Å². The molecule has 0 spiro atoms. The fraction of sp³-hybridized carbons (Fsp3) is 0.429. The summed E-state index contributed by atoms with van der Waals surface area (Å²) in [7, 11) is -3.65. The minimum Gasteiger partial charge on any atom is -0.277 e. The zero-order valence-corrected chi connectivity index (χ0v) is 13.5. The lowest BCUT2D eigenvalue weighted by Gasteiger charge is -2.42. The molecule has 2 aliphatic rings. The van der Waals surface area contributed by atoms with Gasteiger partial charge < -0.3 is 0 Å². The molecule has 1 aromatic rings.